The Morgan fingerprint density at radius 1 is 0.952 bits per heavy atom. The van der Waals surface area contributed by atoms with Crippen molar-refractivity contribution < 1.29 is 23.9 Å². The van der Waals surface area contributed by atoms with Crippen LogP contribution in [0.1, 0.15) is 5.56 Å². The van der Waals surface area contributed by atoms with Crippen LogP contribution in [0.15, 0.2) is 90.0 Å². The summed E-state index contributed by atoms with van der Waals surface area (Å²) in [5, 5.41) is 3.28. The van der Waals surface area contributed by atoms with E-state index in [-0.39, 0.29) is 11.4 Å². The van der Waals surface area contributed by atoms with Gasteiger partial charge in [0.1, 0.15) is 18.9 Å². The summed E-state index contributed by atoms with van der Waals surface area (Å²) in [6, 6.07) is 25.0. The van der Waals surface area contributed by atoms with Crippen molar-refractivity contribution in [2.24, 2.45) is 0 Å². The molecule has 3 aromatic carbocycles. The molecule has 0 radical (unpaired) electrons. The highest BCUT2D eigenvalue weighted by Gasteiger charge is 2.36. The van der Waals surface area contributed by atoms with E-state index in [1.807, 2.05) is 85.1 Å². The molecule has 6 rings (SSSR count). The molecule has 2 fully saturated rings. The predicted octanol–water partition coefficient (Wildman–Crippen LogP) is 5.23. The third-order valence-corrected chi connectivity index (χ3v) is 8.06. The fraction of sp³-hybridized carbons (Fsp3) is 0.219. The Balaban J connectivity index is 1.11. The van der Waals surface area contributed by atoms with E-state index in [9.17, 15) is 14.4 Å². The number of morpholine rings is 1. The predicted molar refractivity (Wildman–Crippen MR) is 165 cm³/mol. The van der Waals surface area contributed by atoms with Gasteiger partial charge < -0.3 is 24.3 Å². The van der Waals surface area contributed by atoms with Crippen LogP contribution in [-0.2, 0) is 20.9 Å². The second-order valence-electron chi connectivity index (χ2n) is 9.92. The van der Waals surface area contributed by atoms with Crippen LogP contribution in [0.3, 0.4) is 0 Å². The molecule has 0 atom stereocenters. The number of anilines is 2. The maximum Gasteiger partial charge on any atom is 0.294 e. The Morgan fingerprint density at radius 2 is 1.69 bits per heavy atom. The van der Waals surface area contributed by atoms with Gasteiger partial charge >= 0.3 is 0 Å². The molecule has 3 heterocycles. The van der Waals surface area contributed by atoms with E-state index < -0.39 is 17.1 Å². The molecule has 10 heteroatoms. The number of benzene rings is 3. The molecule has 42 heavy (non-hydrogen) atoms. The molecule has 3 amide bonds. The summed E-state index contributed by atoms with van der Waals surface area (Å²) in [5.41, 5.74) is 3.47. The van der Waals surface area contributed by atoms with Gasteiger partial charge in [-0.3, -0.25) is 19.3 Å². The van der Waals surface area contributed by atoms with Crippen molar-refractivity contribution in [3.63, 3.8) is 0 Å². The smallest absolute Gasteiger partial charge is 0.294 e. The van der Waals surface area contributed by atoms with Gasteiger partial charge in [0.25, 0.3) is 11.1 Å². The summed E-state index contributed by atoms with van der Waals surface area (Å²) in [6.07, 6.45) is 3.68. The maximum atomic E-state index is 13.2. The fourth-order valence-corrected chi connectivity index (χ4v) is 5.88. The number of rotatable bonds is 9. The number of nitrogens with zero attached hydrogens (tertiary/aromatic N) is 3. The molecule has 0 spiro atoms. The maximum absolute atomic E-state index is 13.2. The average Bonchev–Trinajstić information content (AvgIpc) is 3.50. The number of aromatic nitrogens is 1. The van der Waals surface area contributed by atoms with Gasteiger partial charge in [-0.25, -0.2) is 0 Å². The zero-order valence-corrected chi connectivity index (χ0v) is 23.7. The monoisotopic (exact) mass is 582 g/mol. The Morgan fingerprint density at radius 3 is 2.48 bits per heavy atom. The number of imide groups is 1. The molecule has 1 N–H and O–H groups in total. The number of amides is 3. The number of fused-ring (bicyclic) bond motifs is 1. The molecule has 0 aliphatic carbocycles. The van der Waals surface area contributed by atoms with Gasteiger partial charge in [-0.15, -0.1) is 0 Å². The molecule has 9 nitrogen and oxygen atoms in total. The van der Waals surface area contributed by atoms with E-state index in [4.69, 9.17) is 9.47 Å². The first-order valence-electron chi connectivity index (χ1n) is 13.8. The third kappa shape index (κ3) is 6.19. The van der Waals surface area contributed by atoms with Crippen LogP contribution in [0.4, 0.5) is 16.2 Å². The minimum Gasteiger partial charge on any atom is -0.492 e. The highest BCUT2D eigenvalue weighted by atomic mass is 32.2. The Bertz CT molecular complexity index is 1630. The van der Waals surface area contributed by atoms with E-state index >= 15 is 0 Å². The number of ether oxygens (including phenoxy) is 2. The molecular weight excluding hydrogens is 552 g/mol. The number of carbonyl (C=O) groups is 3. The largest absolute Gasteiger partial charge is 0.492 e. The van der Waals surface area contributed by atoms with Gasteiger partial charge in [-0.05, 0) is 60.3 Å². The van der Waals surface area contributed by atoms with Gasteiger partial charge in [-0.2, -0.15) is 0 Å². The number of carbonyl (C=O) groups excluding carboxylic acids is 3. The summed E-state index contributed by atoms with van der Waals surface area (Å²) < 4.78 is 13.3. The number of hydrogen-bond donors (Lipinski definition) is 1. The number of hydrogen-bond acceptors (Lipinski definition) is 7. The van der Waals surface area contributed by atoms with Crippen LogP contribution in [0, 0.1) is 0 Å². The highest BCUT2D eigenvalue weighted by Crippen LogP contribution is 2.34. The van der Waals surface area contributed by atoms with Crippen molar-refractivity contribution in [1.82, 2.24) is 9.47 Å². The van der Waals surface area contributed by atoms with E-state index in [0.29, 0.717) is 32.1 Å². The van der Waals surface area contributed by atoms with Crippen LogP contribution in [0.2, 0.25) is 0 Å². The topological polar surface area (TPSA) is 93.1 Å². The zero-order valence-electron chi connectivity index (χ0n) is 22.9. The van der Waals surface area contributed by atoms with Crippen molar-refractivity contribution >= 4 is 57.2 Å². The SMILES string of the molecule is O=C(CN1C(=O)S/C(=C\c2cn(CCOc3ccccc3)c3ccccc23)C1=O)Nc1ccc(N2CCOCC2)cc1. The minimum atomic E-state index is -0.480. The Hall–Kier alpha value is -4.54. The quantitative estimate of drug-likeness (QED) is 0.270. The summed E-state index contributed by atoms with van der Waals surface area (Å²) in [4.78, 5) is 42.2. The lowest BCUT2D eigenvalue weighted by Crippen LogP contribution is -2.36. The third-order valence-electron chi connectivity index (χ3n) is 7.15. The molecule has 0 saturated carbocycles. The van der Waals surface area contributed by atoms with Gasteiger partial charge in [0.05, 0.1) is 24.7 Å². The lowest BCUT2D eigenvalue weighted by molar-refractivity contribution is -0.127. The van der Waals surface area contributed by atoms with Crippen LogP contribution < -0.4 is 15.0 Å². The molecule has 0 bridgehead atoms. The zero-order chi connectivity index (χ0) is 28.9. The molecule has 1 aromatic heterocycles. The summed E-state index contributed by atoms with van der Waals surface area (Å²) in [6.45, 7) is 3.75. The Kier molecular flexibility index (Phi) is 8.25. The number of thioether (sulfide) groups is 1. The van der Waals surface area contributed by atoms with Crippen molar-refractivity contribution in [3.8, 4) is 5.75 Å². The highest BCUT2D eigenvalue weighted by molar-refractivity contribution is 8.18. The summed E-state index contributed by atoms with van der Waals surface area (Å²) in [5.74, 6) is -0.114. The van der Waals surface area contributed by atoms with Gasteiger partial charge in [0.2, 0.25) is 5.91 Å². The van der Waals surface area contributed by atoms with Crippen LogP contribution in [-0.4, -0.2) is 66.0 Å². The minimum absolute atomic E-state index is 0.283. The first-order chi connectivity index (χ1) is 20.5. The van der Waals surface area contributed by atoms with E-state index in [1.54, 1.807) is 6.08 Å². The summed E-state index contributed by atoms with van der Waals surface area (Å²) in [7, 11) is 0. The molecule has 2 saturated heterocycles. The van der Waals surface area contributed by atoms with E-state index in [0.717, 1.165) is 57.7 Å². The first-order valence-corrected chi connectivity index (χ1v) is 14.6. The second-order valence-corrected chi connectivity index (χ2v) is 10.9. The summed E-state index contributed by atoms with van der Waals surface area (Å²) >= 11 is 0.844. The fourth-order valence-electron chi connectivity index (χ4n) is 5.05. The molecule has 0 unspecified atom stereocenters. The number of nitrogens with one attached hydrogen (secondary N) is 1. The molecule has 2 aliphatic rings. The van der Waals surface area contributed by atoms with Crippen LogP contribution in [0.25, 0.3) is 17.0 Å². The molecule has 2 aliphatic heterocycles. The van der Waals surface area contributed by atoms with Crippen LogP contribution in [0.5, 0.6) is 5.75 Å². The van der Waals surface area contributed by atoms with E-state index in [2.05, 4.69) is 14.8 Å². The molecule has 214 valence electrons. The average molecular weight is 583 g/mol. The molecular formula is C32H30N4O5S. The number of para-hydroxylation sites is 2. The lowest BCUT2D eigenvalue weighted by Gasteiger charge is -2.28. The standard InChI is InChI=1S/C32H30N4O5S/c37-30(33-24-10-12-25(13-11-24)34-14-17-40-18-15-34)22-36-31(38)29(42-32(36)39)20-23-21-35(28-9-5-4-8-27(23)28)16-19-41-26-6-2-1-3-7-26/h1-13,20-21H,14-19,22H2,(H,33,37)/b29-20-. The Labute approximate surface area is 247 Å². The van der Waals surface area contributed by atoms with Crippen molar-refractivity contribution in [1.29, 1.82) is 0 Å². The van der Waals surface area contributed by atoms with E-state index in [1.165, 1.54) is 0 Å². The van der Waals surface area contributed by atoms with Gasteiger partial charge in [-0.1, -0.05) is 36.4 Å². The van der Waals surface area contributed by atoms with Gasteiger partial charge in [0, 0.05) is 47.1 Å². The normalized spacial score (nSPS) is 16.4. The van der Waals surface area contributed by atoms with Crippen molar-refractivity contribution in [2.75, 3.05) is 49.7 Å². The lowest BCUT2D eigenvalue weighted by atomic mass is 10.1. The molecule has 4 aromatic rings. The van der Waals surface area contributed by atoms with Gasteiger partial charge in [0.15, 0.2) is 0 Å². The van der Waals surface area contributed by atoms with Crippen LogP contribution >= 0.6 is 11.8 Å². The second kappa shape index (κ2) is 12.5. The first kappa shape index (κ1) is 27.6. The van der Waals surface area contributed by atoms with Crippen molar-refractivity contribution in [3.05, 3.63) is 95.5 Å². The van der Waals surface area contributed by atoms with Crippen molar-refractivity contribution in [2.45, 2.75) is 6.54 Å².